The lowest BCUT2D eigenvalue weighted by Gasteiger charge is -2.29. The van der Waals surface area contributed by atoms with Crippen LogP contribution in [0.4, 0.5) is 5.82 Å². The van der Waals surface area contributed by atoms with Gasteiger partial charge >= 0.3 is 0 Å². The van der Waals surface area contributed by atoms with Gasteiger partial charge in [-0.05, 0) is 80.5 Å². The lowest BCUT2D eigenvalue weighted by molar-refractivity contribution is 0.0731. The number of benzene rings is 2. The zero-order valence-corrected chi connectivity index (χ0v) is 23.5. The third kappa shape index (κ3) is 4.63. The van der Waals surface area contributed by atoms with Crippen molar-refractivity contribution in [3.05, 3.63) is 85.6 Å². The number of nitrogens with two attached hydrogens (primary N) is 1. The van der Waals surface area contributed by atoms with Gasteiger partial charge in [-0.2, -0.15) is 5.10 Å². The second kappa shape index (κ2) is 10.00. The number of nitrogens with one attached hydrogen (secondary N) is 2. The summed E-state index contributed by atoms with van der Waals surface area (Å²) in [4.78, 5) is 34.3. The minimum Gasteiger partial charge on any atom is -0.404 e. The fourth-order valence-corrected chi connectivity index (χ4v) is 5.53. The van der Waals surface area contributed by atoms with E-state index in [9.17, 15) is 9.59 Å². The molecule has 2 aromatic heterocycles. The van der Waals surface area contributed by atoms with Gasteiger partial charge in [0, 0.05) is 46.4 Å². The first kappa shape index (κ1) is 25.4. The maximum absolute atomic E-state index is 14.1. The van der Waals surface area contributed by atoms with Gasteiger partial charge in [0.15, 0.2) is 5.82 Å². The van der Waals surface area contributed by atoms with Crippen molar-refractivity contribution in [1.29, 1.82) is 0 Å². The van der Waals surface area contributed by atoms with Crippen LogP contribution in [-0.2, 0) is 13.0 Å². The van der Waals surface area contributed by atoms with Crippen LogP contribution < -0.4 is 16.6 Å². The normalized spacial score (nSPS) is 15.5. The van der Waals surface area contributed by atoms with Crippen LogP contribution >= 0.6 is 15.9 Å². The highest BCUT2D eigenvalue weighted by Crippen LogP contribution is 2.38. The number of hydrogen-bond donors (Lipinski definition) is 3. The Morgan fingerprint density at radius 3 is 2.79 bits per heavy atom. The molecule has 39 heavy (non-hydrogen) atoms. The van der Waals surface area contributed by atoms with Crippen molar-refractivity contribution in [1.82, 2.24) is 24.6 Å². The molecule has 10 heteroatoms. The van der Waals surface area contributed by atoms with E-state index in [1.54, 1.807) is 15.7 Å². The largest absolute Gasteiger partial charge is 0.404 e. The van der Waals surface area contributed by atoms with Crippen LogP contribution in [-0.4, -0.2) is 44.1 Å². The number of aromatic amines is 1. The smallest absolute Gasteiger partial charge is 0.261 e. The van der Waals surface area contributed by atoms with Gasteiger partial charge in [-0.1, -0.05) is 15.9 Å². The van der Waals surface area contributed by atoms with Crippen molar-refractivity contribution in [2.24, 2.45) is 11.7 Å². The Balaban J connectivity index is 1.44. The molecule has 0 radical (unpaired) electrons. The molecule has 1 amide bonds. The Kier molecular flexibility index (Phi) is 6.50. The lowest BCUT2D eigenvalue weighted by Crippen LogP contribution is -2.41. The molecular formula is C29H30BrN7O2. The fourth-order valence-electron chi connectivity index (χ4n) is 5.28. The first-order chi connectivity index (χ1) is 18.9. The van der Waals surface area contributed by atoms with Crippen LogP contribution in [0, 0.1) is 12.8 Å². The SMILES string of the molecule is CNc1n[nH]c2cc(-n3c(C(=CN)CC4CC4)nc4c(c3=O)CCN(C(=O)c3ccc(Br)c(C)c3)C4)ccc12. The molecule has 0 spiro atoms. The minimum absolute atomic E-state index is 0.0682. The summed E-state index contributed by atoms with van der Waals surface area (Å²) in [6, 6.07) is 11.4. The van der Waals surface area contributed by atoms with E-state index in [0.717, 1.165) is 51.6 Å². The molecule has 200 valence electrons. The van der Waals surface area contributed by atoms with Crippen LogP contribution in [0.1, 0.15) is 52.3 Å². The molecule has 4 aromatic rings. The van der Waals surface area contributed by atoms with E-state index in [4.69, 9.17) is 10.7 Å². The summed E-state index contributed by atoms with van der Waals surface area (Å²) in [5, 5.41) is 11.4. The molecule has 1 aliphatic heterocycles. The molecule has 1 fully saturated rings. The summed E-state index contributed by atoms with van der Waals surface area (Å²) in [5.74, 6) is 1.76. The van der Waals surface area contributed by atoms with Crippen LogP contribution in [0.5, 0.6) is 0 Å². The maximum Gasteiger partial charge on any atom is 0.261 e. The number of H-pyrrole nitrogens is 1. The van der Waals surface area contributed by atoms with Crippen molar-refractivity contribution in [2.45, 2.75) is 39.2 Å². The number of carbonyl (C=O) groups is 1. The number of anilines is 1. The summed E-state index contributed by atoms with van der Waals surface area (Å²) in [5.41, 5.74) is 11.3. The Morgan fingerprint density at radius 1 is 1.26 bits per heavy atom. The monoisotopic (exact) mass is 587 g/mol. The zero-order valence-electron chi connectivity index (χ0n) is 21.9. The standard InChI is InChI=1S/C29H30BrN7O2/c1-16-11-18(5-8-23(16)30)28(38)36-10-9-22-25(15-36)33-27(19(14-31)12-17-3-4-17)37(29(22)39)20-6-7-21-24(13-20)34-35-26(21)32-2/h5-8,11,13-14,17H,3-4,9-10,12,15,31H2,1-2H3,(H2,32,34,35). The second-order valence-electron chi connectivity index (χ2n) is 10.3. The van der Waals surface area contributed by atoms with E-state index in [-0.39, 0.29) is 18.0 Å². The summed E-state index contributed by atoms with van der Waals surface area (Å²) >= 11 is 3.50. The van der Waals surface area contributed by atoms with Gasteiger partial charge in [-0.25, -0.2) is 4.98 Å². The van der Waals surface area contributed by atoms with Crippen LogP contribution in [0.25, 0.3) is 22.2 Å². The molecule has 0 saturated heterocycles. The molecule has 2 aliphatic rings. The summed E-state index contributed by atoms with van der Waals surface area (Å²) < 4.78 is 2.64. The molecule has 1 aliphatic carbocycles. The molecular weight excluding hydrogens is 558 g/mol. The van der Waals surface area contributed by atoms with Crippen LogP contribution in [0.2, 0.25) is 0 Å². The zero-order chi connectivity index (χ0) is 27.3. The maximum atomic E-state index is 14.1. The molecule has 4 N–H and O–H groups in total. The van der Waals surface area contributed by atoms with Gasteiger partial charge < -0.3 is 16.0 Å². The van der Waals surface area contributed by atoms with Crippen molar-refractivity contribution in [3.8, 4) is 5.69 Å². The summed E-state index contributed by atoms with van der Waals surface area (Å²) in [6.07, 6.45) is 5.07. The topological polar surface area (TPSA) is 122 Å². The number of hydrogen-bond acceptors (Lipinski definition) is 6. The number of halogens is 1. The van der Waals surface area contributed by atoms with Gasteiger partial charge in [-0.3, -0.25) is 19.3 Å². The molecule has 9 nitrogen and oxygen atoms in total. The Bertz CT molecular complexity index is 1700. The van der Waals surface area contributed by atoms with E-state index < -0.39 is 0 Å². The van der Waals surface area contributed by atoms with E-state index in [1.807, 2.05) is 50.4 Å². The number of nitrogens with zero attached hydrogens (tertiary/aromatic N) is 4. The van der Waals surface area contributed by atoms with Gasteiger partial charge in [-0.15, -0.1) is 0 Å². The molecule has 0 bridgehead atoms. The molecule has 6 rings (SSSR count). The lowest BCUT2D eigenvalue weighted by atomic mass is 10.0. The van der Waals surface area contributed by atoms with Gasteiger partial charge in [0.05, 0.1) is 23.4 Å². The molecule has 3 heterocycles. The van der Waals surface area contributed by atoms with Gasteiger partial charge in [0.1, 0.15) is 5.82 Å². The molecule has 2 aromatic carbocycles. The van der Waals surface area contributed by atoms with Crippen molar-refractivity contribution < 1.29 is 4.79 Å². The van der Waals surface area contributed by atoms with Crippen molar-refractivity contribution >= 4 is 44.1 Å². The first-order valence-electron chi connectivity index (χ1n) is 13.2. The minimum atomic E-state index is -0.121. The third-order valence-corrected chi connectivity index (χ3v) is 8.55. The number of fused-ring (bicyclic) bond motifs is 2. The Morgan fingerprint density at radius 2 is 2.08 bits per heavy atom. The van der Waals surface area contributed by atoms with Crippen LogP contribution in [0.3, 0.4) is 0 Å². The quantitative estimate of drug-likeness (QED) is 0.305. The highest BCUT2D eigenvalue weighted by molar-refractivity contribution is 9.10. The number of allylic oxidation sites excluding steroid dienone is 1. The number of amides is 1. The van der Waals surface area contributed by atoms with Crippen LogP contribution in [0.15, 0.2) is 51.9 Å². The molecule has 1 saturated carbocycles. The van der Waals surface area contributed by atoms with Crippen molar-refractivity contribution in [3.63, 3.8) is 0 Å². The van der Waals surface area contributed by atoms with Gasteiger partial charge in [0.2, 0.25) is 0 Å². The predicted molar refractivity (Wildman–Crippen MR) is 156 cm³/mol. The average molecular weight is 589 g/mol. The number of aromatic nitrogens is 4. The Hall–Kier alpha value is -3.92. The van der Waals surface area contributed by atoms with Gasteiger partial charge in [0.25, 0.3) is 11.5 Å². The first-order valence-corrected chi connectivity index (χ1v) is 13.9. The summed E-state index contributed by atoms with van der Waals surface area (Å²) in [6.45, 7) is 2.69. The number of aryl methyl sites for hydroxylation is 1. The fraction of sp³-hybridized carbons (Fsp3) is 0.310. The third-order valence-electron chi connectivity index (χ3n) is 7.66. The number of rotatable bonds is 6. The van der Waals surface area contributed by atoms with E-state index >= 15 is 0 Å². The molecule has 0 unspecified atom stereocenters. The van der Waals surface area contributed by atoms with E-state index in [1.165, 1.54) is 0 Å². The second-order valence-corrected chi connectivity index (χ2v) is 11.2. The highest BCUT2D eigenvalue weighted by Gasteiger charge is 2.30. The Labute approximate surface area is 234 Å². The number of carbonyl (C=O) groups excluding carboxylic acids is 1. The highest BCUT2D eigenvalue weighted by atomic mass is 79.9. The average Bonchev–Trinajstić information content (AvgIpc) is 3.68. The predicted octanol–water partition coefficient (Wildman–Crippen LogP) is 4.52. The van der Waals surface area contributed by atoms with E-state index in [0.29, 0.717) is 47.2 Å². The summed E-state index contributed by atoms with van der Waals surface area (Å²) in [7, 11) is 1.82. The van der Waals surface area contributed by atoms with E-state index in [2.05, 4.69) is 31.4 Å². The van der Waals surface area contributed by atoms with Crippen molar-refractivity contribution in [2.75, 3.05) is 18.9 Å². The molecule has 0 atom stereocenters.